The second kappa shape index (κ2) is 5.85. The zero-order chi connectivity index (χ0) is 14.0. The van der Waals surface area contributed by atoms with Gasteiger partial charge in [0, 0.05) is 17.5 Å². The minimum atomic E-state index is 0.164. The summed E-state index contributed by atoms with van der Waals surface area (Å²) in [5.74, 6) is 0.774. The summed E-state index contributed by atoms with van der Waals surface area (Å²) in [7, 11) is 0. The molecule has 0 bridgehead atoms. The van der Waals surface area contributed by atoms with Crippen LogP contribution in [-0.2, 0) is 0 Å². The minimum Gasteiger partial charge on any atom is -0.396 e. The second-order valence-electron chi connectivity index (χ2n) is 6.80. The van der Waals surface area contributed by atoms with Crippen molar-refractivity contribution < 1.29 is 5.11 Å². The lowest BCUT2D eigenvalue weighted by Gasteiger charge is -2.35. The molecule has 1 aliphatic carbocycles. The largest absolute Gasteiger partial charge is 0.396 e. The van der Waals surface area contributed by atoms with Crippen molar-refractivity contribution in [3.63, 3.8) is 0 Å². The molecule has 2 heteroatoms. The molecule has 2 rings (SSSR count). The molecule has 1 atom stereocenters. The lowest BCUT2D eigenvalue weighted by Crippen LogP contribution is -2.20. The van der Waals surface area contributed by atoms with Gasteiger partial charge in [-0.25, -0.2) is 0 Å². The normalized spacial score (nSPS) is 21.3. The van der Waals surface area contributed by atoms with E-state index in [1.165, 1.54) is 31.2 Å². The standard InChI is InChI=1S/C17H25ClO/c1-12(11-19)14-4-5-15(16(18)10-14)13-6-8-17(2,3)9-7-13/h4-5,10,12-13,19H,6-9,11H2,1-3H3. The van der Waals surface area contributed by atoms with Gasteiger partial charge < -0.3 is 5.11 Å². The Morgan fingerprint density at radius 2 is 1.95 bits per heavy atom. The predicted octanol–water partition coefficient (Wildman–Crippen LogP) is 5.12. The van der Waals surface area contributed by atoms with Crippen molar-refractivity contribution in [3.8, 4) is 0 Å². The third-order valence-corrected chi connectivity index (χ3v) is 4.97. The molecule has 0 aromatic heterocycles. The fraction of sp³-hybridized carbons (Fsp3) is 0.647. The number of aliphatic hydroxyl groups is 1. The topological polar surface area (TPSA) is 20.2 Å². The molecular weight excluding hydrogens is 256 g/mol. The Hall–Kier alpha value is -0.530. The van der Waals surface area contributed by atoms with Crippen LogP contribution in [0.4, 0.5) is 0 Å². The van der Waals surface area contributed by atoms with E-state index in [2.05, 4.69) is 26.0 Å². The molecule has 0 amide bonds. The molecule has 106 valence electrons. The van der Waals surface area contributed by atoms with E-state index in [1.54, 1.807) is 0 Å². The Morgan fingerprint density at radius 3 is 2.47 bits per heavy atom. The van der Waals surface area contributed by atoms with E-state index in [4.69, 9.17) is 11.6 Å². The highest BCUT2D eigenvalue weighted by molar-refractivity contribution is 6.31. The number of rotatable bonds is 3. The Kier molecular flexibility index (Phi) is 4.58. The van der Waals surface area contributed by atoms with Crippen LogP contribution in [0.25, 0.3) is 0 Å². The number of halogens is 1. The van der Waals surface area contributed by atoms with Gasteiger partial charge in [0.2, 0.25) is 0 Å². The summed E-state index contributed by atoms with van der Waals surface area (Å²) < 4.78 is 0. The SMILES string of the molecule is CC(CO)c1ccc(C2CCC(C)(C)CC2)c(Cl)c1. The first-order chi connectivity index (χ1) is 8.93. The van der Waals surface area contributed by atoms with Gasteiger partial charge in [-0.05, 0) is 54.2 Å². The van der Waals surface area contributed by atoms with Crippen LogP contribution in [0.2, 0.25) is 5.02 Å². The molecule has 1 nitrogen and oxygen atoms in total. The third kappa shape index (κ3) is 3.52. The summed E-state index contributed by atoms with van der Waals surface area (Å²) in [6.45, 7) is 6.91. The van der Waals surface area contributed by atoms with Crippen LogP contribution in [0.3, 0.4) is 0 Å². The van der Waals surface area contributed by atoms with Crippen molar-refractivity contribution >= 4 is 11.6 Å². The first-order valence-corrected chi connectivity index (χ1v) is 7.71. The summed E-state index contributed by atoms with van der Waals surface area (Å²) in [6.07, 6.45) is 5.04. The molecule has 1 aromatic carbocycles. The summed E-state index contributed by atoms with van der Waals surface area (Å²) in [4.78, 5) is 0. The lowest BCUT2D eigenvalue weighted by atomic mass is 9.71. The van der Waals surface area contributed by atoms with Crippen molar-refractivity contribution in [1.29, 1.82) is 0 Å². The lowest BCUT2D eigenvalue weighted by molar-refractivity contribution is 0.224. The average molecular weight is 281 g/mol. The van der Waals surface area contributed by atoms with Gasteiger partial charge in [-0.3, -0.25) is 0 Å². The van der Waals surface area contributed by atoms with E-state index < -0.39 is 0 Å². The van der Waals surface area contributed by atoms with E-state index in [-0.39, 0.29) is 12.5 Å². The Morgan fingerprint density at radius 1 is 1.32 bits per heavy atom. The smallest absolute Gasteiger partial charge is 0.0497 e. The van der Waals surface area contributed by atoms with Gasteiger partial charge in [-0.2, -0.15) is 0 Å². The molecule has 19 heavy (non-hydrogen) atoms. The van der Waals surface area contributed by atoms with Crippen molar-refractivity contribution in [2.45, 2.75) is 58.3 Å². The fourth-order valence-electron chi connectivity index (χ4n) is 3.00. The maximum atomic E-state index is 9.21. The molecule has 0 heterocycles. The molecule has 1 unspecified atom stereocenters. The summed E-state index contributed by atoms with van der Waals surface area (Å²) >= 11 is 6.45. The number of aliphatic hydroxyl groups excluding tert-OH is 1. The monoisotopic (exact) mass is 280 g/mol. The third-order valence-electron chi connectivity index (χ3n) is 4.65. The average Bonchev–Trinajstić information content (AvgIpc) is 2.38. The van der Waals surface area contributed by atoms with Gasteiger partial charge in [-0.15, -0.1) is 0 Å². The van der Waals surface area contributed by atoms with Crippen molar-refractivity contribution in [3.05, 3.63) is 34.3 Å². The van der Waals surface area contributed by atoms with Gasteiger partial charge >= 0.3 is 0 Å². The molecule has 1 N–H and O–H groups in total. The molecule has 1 aliphatic rings. The summed E-state index contributed by atoms with van der Waals surface area (Å²) in [6, 6.07) is 6.34. The van der Waals surface area contributed by atoms with Crippen LogP contribution in [0, 0.1) is 5.41 Å². The molecule has 1 fully saturated rings. The van der Waals surface area contributed by atoms with Gasteiger partial charge in [0.25, 0.3) is 0 Å². The van der Waals surface area contributed by atoms with Crippen molar-refractivity contribution in [2.75, 3.05) is 6.61 Å². The van der Waals surface area contributed by atoms with E-state index in [0.717, 1.165) is 10.6 Å². The van der Waals surface area contributed by atoms with Crippen LogP contribution < -0.4 is 0 Å². The molecular formula is C17H25ClO. The number of benzene rings is 1. The Labute approximate surface area is 122 Å². The van der Waals surface area contributed by atoms with Crippen molar-refractivity contribution in [2.24, 2.45) is 5.41 Å². The highest BCUT2D eigenvalue weighted by Gasteiger charge is 2.28. The predicted molar refractivity (Wildman–Crippen MR) is 81.9 cm³/mol. The zero-order valence-corrected chi connectivity index (χ0v) is 13.0. The van der Waals surface area contributed by atoms with Gasteiger partial charge in [-0.1, -0.05) is 44.5 Å². The van der Waals surface area contributed by atoms with Crippen LogP contribution in [0.15, 0.2) is 18.2 Å². The molecule has 0 spiro atoms. The molecule has 0 aliphatic heterocycles. The highest BCUT2D eigenvalue weighted by Crippen LogP contribution is 2.44. The van der Waals surface area contributed by atoms with E-state index >= 15 is 0 Å². The molecule has 1 saturated carbocycles. The molecule has 0 radical (unpaired) electrons. The Balaban J connectivity index is 2.14. The maximum absolute atomic E-state index is 9.21. The second-order valence-corrected chi connectivity index (χ2v) is 7.21. The van der Waals surface area contributed by atoms with E-state index in [0.29, 0.717) is 11.3 Å². The van der Waals surface area contributed by atoms with Crippen LogP contribution in [0.1, 0.15) is 69.4 Å². The van der Waals surface area contributed by atoms with Crippen LogP contribution in [0.5, 0.6) is 0 Å². The number of hydrogen-bond acceptors (Lipinski definition) is 1. The first kappa shape index (κ1) is 14.9. The zero-order valence-electron chi connectivity index (χ0n) is 12.2. The van der Waals surface area contributed by atoms with Crippen LogP contribution >= 0.6 is 11.6 Å². The van der Waals surface area contributed by atoms with E-state index in [1.807, 2.05) is 13.0 Å². The summed E-state index contributed by atoms with van der Waals surface area (Å²) in [5.41, 5.74) is 2.92. The maximum Gasteiger partial charge on any atom is 0.0497 e. The highest BCUT2D eigenvalue weighted by atomic mass is 35.5. The Bertz CT molecular complexity index is 429. The van der Waals surface area contributed by atoms with Crippen molar-refractivity contribution in [1.82, 2.24) is 0 Å². The molecule has 0 saturated heterocycles. The van der Waals surface area contributed by atoms with Gasteiger partial charge in [0.15, 0.2) is 0 Å². The quantitative estimate of drug-likeness (QED) is 0.815. The van der Waals surface area contributed by atoms with Crippen LogP contribution in [-0.4, -0.2) is 11.7 Å². The number of hydrogen-bond donors (Lipinski definition) is 1. The van der Waals surface area contributed by atoms with Gasteiger partial charge in [0.1, 0.15) is 0 Å². The minimum absolute atomic E-state index is 0.164. The molecule has 1 aromatic rings. The summed E-state index contributed by atoms with van der Waals surface area (Å²) in [5, 5.41) is 10.1. The van der Waals surface area contributed by atoms with E-state index in [9.17, 15) is 5.11 Å². The first-order valence-electron chi connectivity index (χ1n) is 7.33. The van der Waals surface area contributed by atoms with Gasteiger partial charge in [0.05, 0.1) is 0 Å². The fourth-order valence-corrected chi connectivity index (χ4v) is 3.34.